The molecule has 0 radical (unpaired) electrons. The molecule has 2 aliphatic rings. The number of furan rings is 1. The van der Waals surface area contributed by atoms with Crippen molar-refractivity contribution in [2.24, 2.45) is 16.7 Å². The van der Waals surface area contributed by atoms with Gasteiger partial charge in [0, 0.05) is 38.6 Å². The summed E-state index contributed by atoms with van der Waals surface area (Å²) in [6.45, 7) is 4.82. The SMILES string of the molecule is COCCCN(CC(=O)N(Cc1ccccc1)Cc1ccco1)S(=O)(=O)CC12CCC(CC1=O)C2(C)C. The number of nitrogens with zero attached hydrogens (tertiary/aromatic N) is 2. The van der Waals surface area contributed by atoms with Gasteiger partial charge >= 0.3 is 0 Å². The second kappa shape index (κ2) is 11.1. The van der Waals surface area contributed by atoms with Gasteiger partial charge < -0.3 is 14.1 Å². The van der Waals surface area contributed by atoms with Crippen LogP contribution in [0.4, 0.5) is 0 Å². The lowest BCUT2D eigenvalue weighted by atomic mass is 9.70. The third-order valence-electron chi connectivity index (χ3n) is 8.52. The molecule has 2 fully saturated rings. The maximum Gasteiger partial charge on any atom is 0.238 e. The largest absolute Gasteiger partial charge is 0.467 e. The molecule has 0 spiro atoms. The number of carbonyl (C=O) groups excluding carboxylic acids is 2. The molecular weight excluding hydrogens is 492 g/mol. The summed E-state index contributed by atoms with van der Waals surface area (Å²) in [5.74, 6) is 0.309. The molecule has 2 aromatic rings. The summed E-state index contributed by atoms with van der Waals surface area (Å²) in [7, 11) is -2.35. The molecule has 202 valence electrons. The van der Waals surface area contributed by atoms with Crippen molar-refractivity contribution >= 4 is 21.7 Å². The van der Waals surface area contributed by atoms with Crippen LogP contribution in [-0.2, 0) is 37.4 Å². The summed E-state index contributed by atoms with van der Waals surface area (Å²) in [6, 6.07) is 13.1. The smallest absolute Gasteiger partial charge is 0.238 e. The quantitative estimate of drug-likeness (QED) is 0.365. The molecule has 2 bridgehead atoms. The van der Waals surface area contributed by atoms with E-state index in [1.54, 1.807) is 30.4 Å². The minimum Gasteiger partial charge on any atom is -0.467 e. The number of amides is 1. The molecule has 1 aromatic carbocycles. The van der Waals surface area contributed by atoms with Crippen LogP contribution in [-0.4, -0.2) is 61.9 Å². The number of rotatable bonds is 13. The Labute approximate surface area is 220 Å². The first kappa shape index (κ1) is 27.5. The molecule has 1 amide bonds. The van der Waals surface area contributed by atoms with E-state index in [1.165, 1.54) is 4.31 Å². The molecule has 2 aliphatic carbocycles. The molecule has 2 unspecified atom stereocenters. The number of methoxy groups -OCH3 is 1. The van der Waals surface area contributed by atoms with E-state index in [-0.39, 0.29) is 48.4 Å². The van der Waals surface area contributed by atoms with Gasteiger partial charge in [0.1, 0.15) is 11.5 Å². The average Bonchev–Trinajstić information content (AvgIpc) is 3.50. The van der Waals surface area contributed by atoms with Crippen molar-refractivity contribution in [2.45, 2.75) is 52.6 Å². The number of hydrogen-bond acceptors (Lipinski definition) is 6. The Morgan fingerprint density at radius 1 is 1.14 bits per heavy atom. The van der Waals surface area contributed by atoms with Crippen LogP contribution < -0.4 is 0 Å². The second-order valence-electron chi connectivity index (χ2n) is 10.9. The van der Waals surface area contributed by atoms with Crippen LogP contribution in [0.15, 0.2) is 53.1 Å². The van der Waals surface area contributed by atoms with Crippen LogP contribution in [0.3, 0.4) is 0 Å². The summed E-state index contributed by atoms with van der Waals surface area (Å²) in [4.78, 5) is 28.3. The van der Waals surface area contributed by atoms with Gasteiger partial charge in [-0.25, -0.2) is 8.42 Å². The van der Waals surface area contributed by atoms with Gasteiger partial charge in [-0.05, 0) is 48.3 Å². The number of benzene rings is 1. The highest BCUT2D eigenvalue weighted by atomic mass is 32.2. The number of carbonyl (C=O) groups is 2. The Kier molecular flexibility index (Phi) is 8.26. The fourth-order valence-corrected chi connectivity index (χ4v) is 8.29. The minimum absolute atomic E-state index is 0.0454. The Balaban J connectivity index is 1.57. The number of ether oxygens (including phenoxy) is 1. The summed E-state index contributed by atoms with van der Waals surface area (Å²) in [6.07, 6.45) is 3.90. The Bertz CT molecular complexity index is 1180. The van der Waals surface area contributed by atoms with E-state index in [2.05, 4.69) is 0 Å². The van der Waals surface area contributed by atoms with Gasteiger partial charge in [0.15, 0.2) is 0 Å². The lowest BCUT2D eigenvalue weighted by molar-refractivity contribution is -0.133. The van der Waals surface area contributed by atoms with Gasteiger partial charge in [0.05, 0.1) is 25.1 Å². The average molecular weight is 531 g/mol. The number of Topliss-reactive ketones (excluding diaryl/α,β-unsaturated/α-hetero) is 1. The van der Waals surface area contributed by atoms with Crippen molar-refractivity contribution in [3.05, 3.63) is 60.1 Å². The topological polar surface area (TPSA) is 97.1 Å². The number of ketones is 1. The van der Waals surface area contributed by atoms with E-state index >= 15 is 0 Å². The van der Waals surface area contributed by atoms with E-state index in [9.17, 15) is 18.0 Å². The zero-order chi connectivity index (χ0) is 26.7. The predicted octanol–water partition coefficient (Wildman–Crippen LogP) is 3.87. The van der Waals surface area contributed by atoms with Crippen LogP contribution in [0.25, 0.3) is 0 Å². The number of fused-ring (bicyclic) bond motifs is 2. The predicted molar refractivity (Wildman–Crippen MR) is 140 cm³/mol. The second-order valence-corrected chi connectivity index (χ2v) is 12.9. The fraction of sp³-hybridized carbons (Fsp3) is 0.571. The first-order valence-electron chi connectivity index (χ1n) is 12.9. The highest BCUT2D eigenvalue weighted by Gasteiger charge is 2.65. The molecule has 37 heavy (non-hydrogen) atoms. The third-order valence-corrected chi connectivity index (χ3v) is 10.5. The first-order valence-corrected chi connectivity index (χ1v) is 14.5. The van der Waals surface area contributed by atoms with Crippen molar-refractivity contribution in [1.29, 1.82) is 0 Å². The van der Waals surface area contributed by atoms with Crippen molar-refractivity contribution in [3.63, 3.8) is 0 Å². The lowest BCUT2D eigenvalue weighted by Gasteiger charge is -2.38. The van der Waals surface area contributed by atoms with Crippen LogP contribution >= 0.6 is 0 Å². The number of hydrogen-bond donors (Lipinski definition) is 0. The molecule has 1 aromatic heterocycles. The Hall–Kier alpha value is -2.49. The van der Waals surface area contributed by atoms with Crippen molar-refractivity contribution in [1.82, 2.24) is 9.21 Å². The minimum atomic E-state index is -3.91. The van der Waals surface area contributed by atoms with E-state index in [0.29, 0.717) is 38.2 Å². The highest BCUT2D eigenvalue weighted by molar-refractivity contribution is 7.89. The summed E-state index contributed by atoms with van der Waals surface area (Å²) in [5.41, 5.74) is -0.333. The molecule has 0 saturated heterocycles. The molecule has 0 N–H and O–H groups in total. The monoisotopic (exact) mass is 530 g/mol. The van der Waals surface area contributed by atoms with E-state index in [1.807, 2.05) is 44.2 Å². The molecule has 4 rings (SSSR count). The van der Waals surface area contributed by atoms with Gasteiger partial charge in [-0.3, -0.25) is 9.59 Å². The maximum atomic E-state index is 13.9. The van der Waals surface area contributed by atoms with Gasteiger partial charge in [0.2, 0.25) is 15.9 Å². The highest BCUT2D eigenvalue weighted by Crippen LogP contribution is 2.64. The Morgan fingerprint density at radius 2 is 1.89 bits per heavy atom. The van der Waals surface area contributed by atoms with E-state index in [0.717, 1.165) is 12.0 Å². The van der Waals surface area contributed by atoms with Crippen LogP contribution in [0.5, 0.6) is 0 Å². The standard InChI is InChI=1S/C28H38N2O6S/c1-27(2)23-12-13-28(27,25(31)17-23)21-37(33,34)30(14-8-15-35-3)20-26(32)29(19-24-11-7-16-36-24)18-22-9-5-4-6-10-22/h4-7,9-11,16,23H,8,12-15,17-21H2,1-3H3. The van der Waals surface area contributed by atoms with Crippen LogP contribution in [0.2, 0.25) is 0 Å². The van der Waals surface area contributed by atoms with Gasteiger partial charge in [-0.15, -0.1) is 0 Å². The third kappa shape index (κ3) is 5.68. The zero-order valence-corrected chi connectivity index (χ0v) is 22.8. The van der Waals surface area contributed by atoms with Crippen molar-refractivity contribution in [2.75, 3.05) is 32.6 Å². The molecule has 8 nitrogen and oxygen atoms in total. The lowest BCUT2D eigenvalue weighted by Crippen LogP contribution is -2.49. The molecule has 1 heterocycles. The van der Waals surface area contributed by atoms with E-state index in [4.69, 9.17) is 9.15 Å². The van der Waals surface area contributed by atoms with Gasteiger partial charge in [-0.2, -0.15) is 4.31 Å². The van der Waals surface area contributed by atoms with Crippen molar-refractivity contribution in [3.8, 4) is 0 Å². The summed E-state index contributed by atoms with van der Waals surface area (Å²) >= 11 is 0. The molecule has 9 heteroatoms. The maximum absolute atomic E-state index is 13.9. The number of sulfonamides is 1. The zero-order valence-electron chi connectivity index (χ0n) is 22.0. The van der Waals surface area contributed by atoms with Crippen LogP contribution in [0.1, 0.15) is 50.9 Å². The Morgan fingerprint density at radius 3 is 2.49 bits per heavy atom. The van der Waals surface area contributed by atoms with Gasteiger partial charge in [0.25, 0.3) is 0 Å². The first-order chi connectivity index (χ1) is 17.6. The molecular formula is C28H38N2O6S. The fourth-order valence-electron chi connectivity index (χ4n) is 6.09. The van der Waals surface area contributed by atoms with Crippen molar-refractivity contribution < 1.29 is 27.2 Å². The normalized spacial score (nSPS) is 22.6. The van der Waals surface area contributed by atoms with E-state index < -0.39 is 15.4 Å². The summed E-state index contributed by atoms with van der Waals surface area (Å²) < 4.78 is 39.6. The molecule has 2 atom stereocenters. The van der Waals surface area contributed by atoms with Crippen LogP contribution in [0, 0.1) is 16.7 Å². The molecule has 0 aliphatic heterocycles. The summed E-state index contributed by atoms with van der Waals surface area (Å²) in [5, 5.41) is 0. The van der Waals surface area contributed by atoms with Gasteiger partial charge in [-0.1, -0.05) is 44.2 Å². The molecule has 2 saturated carbocycles.